The average molecular weight is 421 g/mol. The van der Waals surface area contributed by atoms with Crippen molar-refractivity contribution in [3.05, 3.63) is 65.5 Å². The lowest BCUT2D eigenvalue weighted by molar-refractivity contribution is 0.0654. The Bertz CT molecular complexity index is 953. The van der Waals surface area contributed by atoms with E-state index in [1.54, 1.807) is 17.0 Å². The monoisotopic (exact) mass is 420 g/mol. The Morgan fingerprint density at radius 3 is 2.31 bits per heavy atom. The Kier molecular flexibility index (Phi) is 6.66. The summed E-state index contributed by atoms with van der Waals surface area (Å²) < 4.78 is 45.6. The first kappa shape index (κ1) is 21.4. The molecule has 8 heteroatoms. The summed E-state index contributed by atoms with van der Waals surface area (Å²) in [5.74, 6) is -0.730. The van der Waals surface area contributed by atoms with Gasteiger partial charge in [-0.1, -0.05) is 18.2 Å². The van der Waals surface area contributed by atoms with Gasteiger partial charge >= 0.3 is 0 Å². The molecule has 0 atom stereocenters. The molecular formula is C21H25FN2O4S. The van der Waals surface area contributed by atoms with Crippen LogP contribution in [-0.4, -0.2) is 55.8 Å². The Hall–Kier alpha value is -2.29. The number of hydrogen-bond donors (Lipinski definition) is 0. The number of ether oxygens (including phenoxy) is 1. The van der Waals surface area contributed by atoms with Crippen LogP contribution in [0.2, 0.25) is 0 Å². The van der Waals surface area contributed by atoms with Crippen molar-refractivity contribution >= 4 is 15.9 Å². The molecule has 1 heterocycles. The SMILES string of the molecule is CC(C)OCc1ccc(C(=O)N2CCN(S(=O)(=O)c3cccc(F)c3)CC2)cc1. The highest BCUT2D eigenvalue weighted by atomic mass is 32.2. The molecule has 156 valence electrons. The van der Waals surface area contributed by atoms with E-state index >= 15 is 0 Å². The topological polar surface area (TPSA) is 66.9 Å². The fourth-order valence-electron chi connectivity index (χ4n) is 3.10. The molecule has 0 radical (unpaired) electrons. The number of rotatable bonds is 6. The number of carbonyl (C=O) groups is 1. The zero-order chi connectivity index (χ0) is 21.0. The predicted molar refractivity (Wildman–Crippen MR) is 107 cm³/mol. The average Bonchev–Trinajstić information content (AvgIpc) is 2.72. The first-order chi connectivity index (χ1) is 13.8. The maximum Gasteiger partial charge on any atom is 0.253 e. The Labute approximate surface area is 170 Å². The van der Waals surface area contributed by atoms with Crippen LogP contribution in [0.5, 0.6) is 0 Å². The number of carbonyl (C=O) groups excluding carboxylic acids is 1. The van der Waals surface area contributed by atoms with E-state index in [4.69, 9.17) is 4.74 Å². The van der Waals surface area contributed by atoms with Gasteiger partial charge < -0.3 is 9.64 Å². The highest BCUT2D eigenvalue weighted by molar-refractivity contribution is 7.89. The number of sulfonamides is 1. The summed E-state index contributed by atoms with van der Waals surface area (Å²) in [4.78, 5) is 14.3. The normalized spacial score (nSPS) is 15.7. The number of nitrogens with zero attached hydrogens (tertiary/aromatic N) is 2. The minimum absolute atomic E-state index is 0.0727. The molecule has 0 aromatic heterocycles. The molecule has 6 nitrogen and oxygen atoms in total. The highest BCUT2D eigenvalue weighted by Gasteiger charge is 2.30. The van der Waals surface area contributed by atoms with Gasteiger partial charge in [-0.2, -0.15) is 4.31 Å². The van der Waals surface area contributed by atoms with Crippen molar-refractivity contribution in [2.45, 2.75) is 31.5 Å². The van der Waals surface area contributed by atoms with Crippen LogP contribution in [0.1, 0.15) is 29.8 Å². The van der Waals surface area contributed by atoms with Gasteiger partial charge in [0.15, 0.2) is 0 Å². The summed E-state index contributed by atoms with van der Waals surface area (Å²) in [5.41, 5.74) is 1.54. The highest BCUT2D eigenvalue weighted by Crippen LogP contribution is 2.19. The van der Waals surface area contributed by atoms with Crippen LogP contribution in [0, 0.1) is 5.82 Å². The predicted octanol–water partition coefficient (Wildman–Crippen LogP) is 2.90. The van der Waals surface area contributed by atoms with Crippen molar-refractivity contribution in [2.24, 2.45) is 0 Å². The molecule has 1 aliphatic heterocycles. The van der Waals surface area contributed by atoms with Gasteiger partial charge in [0.1, 0.15) is 5.82 Å². The molecule has 0 bridgehead atoms. The van der Waals surface area contributed by atoms with Crippen LogP contribution in [0.25, 0.3) is 0 Å². The van der Waals surface area contributed by atoms with Crippen LogP contribution >= 0.6 is 0 Å². The van der Waals surface area contributed by atoms with Crippen LogP contribution < -0.4 is 0 Å². The van der Waals surface area contributed by atoms with E-state index in [0.717, 1.165) is 11.6 Å². The van der Waals surface area contributed by atoms with Gasteiger partial charge in [0.25, 0.3) is 5.91 Å². The Balaban J connectivity index is 1.61. The van der Waals surface area contributed by atoms with Crippen LogP contribution in [-0.2, 0) is 21.4 Å². The zero-order valence-corrected chi connectivity index (χ0v) is 17.4. The molecule has 3 rings (SSSR count). The van der Waals surface area contributed by atoms with E-state index in [1.165, 1.54) is 22.5 Å². The molecule has 0 unspecified atom stereocenters. The molecule has 2 aromatic carbocycles. The zero-order valence-electron chi connectivity index (χ0n) is 16.5. The van der Waals surface area contributed by atoms with Gasteiger partial charge in [0.2, 0.25) is 10.0 Å². The number of halogens is 1. The molecule has 1 saturated heterocycles. The van der Waals surface area contributed by atoms with E-state index in [0.29, 0.717) is 12.2 Å². The van der Waals surface area contributed by atoms with Crippen LogP contribution in [0.15, 0.2) is 53.4 Å². The summed E-state index contributed by atoms with van der Waals surface area (Å²) in [6.07, 6.45) is 0.135. The molecule has 2 aromatic rings. The molecule has 0 N–H and O–H groups in total. The maximum absolute atomic E-state index is 13.4. The third-order valence-corrected chi connectivity index (χ3v) is 6.64. The maximum atomic E-state index is 13.4. The molecule has 29 heavy (non-hydrogen) atoms. The van der Waals surface area contributed by atoms with Crippen molar-refractivity contribution in [3.63, 3.8) is 0 Å². The molecule has 0 aliphatic carbocycles. The van der Waals surface area contributed by atoms with E-state index in [2.05, 4.69) is 0 Å². The lowest BCUT2D eigenvalue weighted by Crippen LogP contribution is -2.50. The summed E-state index contributed by atoms with van der Waals surface area (Å²) in [6, 6.07) is 12.2. The summed E-state index contributed by atoms with van der Waals surface area (Å²) in [5, 5.41) is 0. The molecule has 1 aliphatic rings. The minimum atomic E-state index is -3.78. The van der Waals surface area contributed by atoms with Crippen molar-refractivity contribution < 1.29 is 22.3 Å². The number of amides is 1. The van der Waals surface area contributed by atoms with E-state index in [9.17, 15) is 17.6 Å². The van der Waals surface area contributed by atoms with Gasteiger partial charge in [-0.15, -0.1) is 0 Å². The molecular weight excluding hydrogens is 395 g/mol. The molecule has 0 saturated carbocycles. The van der Waals surface area contributed by atoms with Gasteiger partial charge in [0, 0.05) is 31.7 Å². The molecule has 1 amide bonds. The summed E-state index contributed by atoms with van der Waals surface area (Å²) in [7, 11) is -3.78. The van der Waals surface area contributed by atoms with Crippen molar-refractivity contribution in [3.8, 4) is 0 Å². The smallest absolute Gasteiger partial charge is 0.253 e. The fraction of sp³-hybridized carbons (Fsp3) is 0.381. The largest absolute Gasteiger partial charge is 0.374 e. The summed E-state index contributed by atoms with van der Waals surface area (Å²) >= 11 is 0. The van der Waals surface area contributed by atoms with Gasteiger partial charge in [0.05, 0.1) is 17.6 Å². The fourth-order valence-corrected chi connectivity index (χ4v) is 4.55. The van der Waals surface area contributed by atoms with E-state index in [-0.39, 0.29) is 43.1 Å². The third kappa shape index (κ3) is 5.20. The Morgan fingerprint density at radius 1 is 1.07 bits per heavy atom. The quantitative estimate of drug-likeness (QED) is 0.721. The molecule has 1 fully saturated rings. The lowest BCUT2D eigenvalue weighted by atomic mass is 10.1. The first-order valence-electron chi connectivity index (χ1n) is 9.53. The minimum Gasteiger partial charge on any atom is -0.374 e. The second-order valence-electron chi connectivity index (χ2n) is 7.21. The van der Waals surface area contributed by atoms with Crippen molar-refractivity contribution in [1.29, 1.82) is 0 Å². The standard InChI is InChI=1S/C21H25FN2O4S/c1-16(2)28-15-17-6-8-18(9-7-17)21(25)23-10-12-24(13-11-23)29(26,27)20-5-3-4-19(22)14-20/h3-9,14,16H,10-13,15H2,1-2H3. The number of hydrogen-bond acceptors (Lipinski definition) is 4. The van der Waals surface area contributed by atoms with Gasteiger partial charge in [-0.3, -0.25) is 4.79 Å². The Morgan fingerprint density at radius 2 is 1.72 bits per heavy atom. The third-order valence-electron chi connectivity index (χ3n) is 4.74. The first-order valence-corrected chi connectivity index (χ1v) is 11.0. The van der Waals surface area contributed by atoms with Crippen molar-refractivity contribution in [1.82, 2.24) is 9.21 Å². The van der Waals surface area contributed by atoms with Crippen LogP contribution in [0.4, 0.5) is 4.39 Å². The summed E-state index contributed by atoms with van der Waals surface area (Å²) in [6.45, 7) is 5.33. The van der Waals surface area contributed by atoms with E-state index in [1.807, 2.05) is 26.0 Å². The van der Waals surface area contributed by atoms with Crippen LogP contribution in [0.3, 0.4) is 0 Å². The second-order valence-corrected chi connectivity index (χ2v) is 9.15. The van der Waals surface area contributed by atoms with E-state index < -0.39 is 15.8 Å². The number of benzene rings is 2. The number of piperazine rings is 1. The second kappa shape index (κ2) is 9.02. The lowest BCUT2D eigenvalue weighted by Gasteiger charge is -2.34. The molecule has 0 spiro atoms. The van der Waals surface area contributed by atoms with Crippen molar-refractivity contribution in [2.75, 3.05) is 26.2 Å². The van der Waals surface area contributed by atoms with Gasteiger partial charge in [-0.05, 0) is 49.7 Å². The van der Waals surface area contributed by atoms with Gasteiger partial charge in [-0.25, -0.2) is 12.8 Å².